The molecule has 1 N–H and O–H groups in total. The van der Waals surface area contributed by atoms with E-state index < -0.39 is 5.97 Å². The maximum absolute atomic E-state index is 12.2. The van der Waals surface area contributed by atoms with Crippen LogP contribution < -0.4 is 5.32 Å². The van der Waals surface area contributed by atoms with E-state index >= 15 is 0 Å². The van der Waals surface area contributed by atoms with E-state index in [2.05, 4.69) is 19.2 Å². The van der Waals surface area contributed by atoms with Crippen LogP contribution in [0.3, 0.4) is 0 Å². The second-order valence-electron chi connectivity index (χ2n) is 5.74. The Kier molecular flexibility index (Phi) is 6.53. The molecule has 0 aromatic heterocycles. The lowest BCUT2D eigenvalue weighted by Crippen LogP contribution is -2.33. The summed E-state index contributed by atoms with van der Waals surface area (Å²) in [4.78, 5) is 24.0. The Bertz CT molecular complexity index is 391. The lowest BCUT2D eigenvalue weighted by Gasteiger charge is -2.09. The third kappa shape index (κ3) is 5.16. The molecular weight excluding hydrogens is 278 g/mol. The highest BCUT2D eigenvalue weighted by atomic mass is 35.5. The highest BCUT2D eigenvalue weighted by Crippen LogP contribution is 2.44. The molecule has 0 unspecified atom stereocenters. The summed E-state index contributed by atoms with van der Waals surface area (Å²) in [5, 5.41) is 2.89. The fourth-order valence-electron chi connectivity index (χ4n) is 1.91. The molecular formula is C15H24ClNO3. The van der Waals surface area contributed by atoms with E-state index in [1.165, 1.54) is 0 Å². The van der Waals surface area contributed by atoms with Crippen molar-refractivity contribution in [2.75, 3.05) is 12.5 Å². The van der Waals surface area contributed by atoms with Crippen molar-refractivity contribution in [3.05, 3.63) is 11.6 Å². The number of hydrogen-bond acceptors (Lipinski definition) is 3. The fourth-order valence-corrected chi connectivity index (χ4v) is 2.10. The summed E-state index contributed by atoms with van der Waals surface area (Å²) >= 11 is 5.61. The quantitative estimate of drug-likeness (QED) is 0.187. The van der Waals surface area contributed by atoms with Gasteiger partial charge in [0, 0.05) is 11.9 Å². The van der Waals surface area contributed by atoms with Gasteiger partial charge >= 0.3 is 5.97 Å². The first-order chi connectivity index (χ1) is 9.42. The number of ether oxygens (including phenoxy) is 1. The number of carbonyl (C=O) groups excluding carboxylic acids is 2. The van der Waals surface area contributed by atoms with Crippen molar-refractivity contribution in [1.29, 1.82) is 0 Å². The molecule has 0 heterocycles. The van der Waals surface area contributed by atoms with E-state index in [4.69, 9.17) is 16.3 Å². The number of halogens is 1. The van der Waals surface area contributed by atoms with Crippen molar-refractivity contribution < 1.29 is 14.3 Å². The first kappa shape index (κ1) is 17.0. The Morgan fingerprint density at radius 1 is 1.40 bits per heavy atom. The number of unbranched alkanes of at least 4 members (excludes halogenated alkanes) is 2. The van der Waals surface area contributed by atoms with Crippen molar-refractivity contribution >= 4 is 23.5 Å². The summed E-state index contributed by atoms with van der Waals surface area (Å²) in [6, 6.07) is 0.149. The van der Waals surface area contributed by atoms with Crippen molar-refractivity contribution in [2.24, 2.45) is 5.41 Å². The van der Waals surface area contributed by atoms with Gasteiger partial charge in [0.05, 0.1) is 6.61 Å². The molecule has 1 aliphatic rings. The zero-order chi connectivity index (χ0) is 15.2. The molecule has 1 fully saturated rings. The molecule has 1 rings (SSSR count). The largest absolute Gasteiger partial charge is 0.462 e. The molecule has 0 aromatic carbocycles. The minimum absolute atomic E-state index is 0.115. The number of allylic oxidation sites excluding steroid dienone is 1. The summed E-state index contributed by atoms with van der Waals surface area (Å²) in [5.41, 5.74) is 0.248. The number of esters is 1. The summed E-state index contributed by atoms with van der Waals surface area (Å²) in [5.74, 6) is -0.287. The van der Waals surface area contributed by atoms with E-state index in [-0.39, 0.29) is 29.5 Å². The molecule has 5 heteroatoms. The van der Waals surface area contributed by atoms with Crippen LogP contribution in [0.4, 0.5) is 0 Å². The average molecular weight is 302 g/mol. The van der Waals surface area contributed by atoms with Crippen molar-refractivity contribution in [3.8, 4) is 0 Å². The molecule has 0 saturated heterocycles. The van der Waals surface area contributed by atoms with Gasteiger partial charge in [0.2, 0.25) is 0 Å². The maximum Gasteiger partial charge on any atom is 0.343 e. The third-order valence-electron chi connectivity index (χ3n) is 3.49. The number of amides is 1. The highest BCUT2D eigenvalue weighted by Gasteiger charge is 2.47. The van der Waals surface area contributed by atoms with Gasteiger partial charge in [0.1, 0.15) is 5.57 Å². The molecule has 1 saturated carbocycles. The van der Waals surface area contributed by atoms with Gasteiger partial charge in [0.25, 0.3) is 5.91 Å². The Labute approximate surface area is 125 Å². The van der Waals surface area contributed by atoms with Crippen LogP contribution in [-0.2, 0) is 14.3 Å². The first-order valence-corrected chi connectivity index (χ1v) is 7.70. The predicted octanol–water partition coefficient (Wildman–Crippen LogP) is 2.80. The van der Waals surface area contributed by atoms with Gasteiger partial charge in [-0.3, -0.25) is 4.79 Å². The fraction of sp³-hybridized carbons (Fsp3) is 0.733. The van der Waals surface area contributed by atoms with Gasteiger partial charge in [0.15, 0.2) is 0 Å². The molecule has 0 radical (unpaired) electrons. The molecule has 20 heavy (non-hydrogen) atoms. The van der Waals surface area contributed by atoms with Crippen molar-refractivity contribution in [1.82, 2.24) is 5.32 Å². The summed E-state index contributed by atoms with van der Waals surface area (Å²) in [6.45, 7) is 6.17. The van der Waals surface area contributed by atoms with Gasteiger partial charge < -0.3 is 10.1 Å². The van der Waals surface area contributed by atoms with Crippen LogP contribution in [0.25, 0.3) is 0 Å². The molecule has 0 bridgehead atoms. The molecule has 1 atom stereocenters. The van der Waals surface area contributed by atoms with E-state index in [0.29, 0.717) is 12.3 Å². The van der Waals surface area contributed by atoms with Crippen LogP contribution in [0.2, 0.25) is 0 Å². The standard InChI is InChI=1S/C15H24ClNO3/c1-4-20-14(19)11(8-6-5-7-9-16)13(18)17-12-10-15(12,2)3/h8,12H,4-7,9-10H2,1-3H3,(H,17,18)/t12-/m0/s1. The number of nitrogens with one attached hydrogen (secondary N) is 1. The lowest BCUT2D eigenvalue weighted by atomic mass is 10.1. The molecule has 1 aliphatic carbocycles. The highest BCUT2D eigenvalue weighted by molar-refractivity contribution is 6.17. The number of carbonyl (C=O) groups is 2. The summed E-state index contributed by atoms with van der Waals surface area (Å²) < 4.78 is 4.94. The first-order valence-electron chi connectivity index (χ1n) is 7.16. The number of rotatable bonds is 8. The second kappa shape index (κ2) is 7.67. The topological polar surface area (TPSA) is 55.4 Å². The Morgan fingerprint density at radius 2 is 2.05 bits per heavy atom. The van der Waals surface area contributed by atoms with E-state index in [1.54, 1.807) is 13.0 Å². The zero-order valence-corrected chi connectivity index (χ0v) is 13.3. The minimum Gasteiger partial charge on any atom is -0.462 e. The number of hydrogen-bond donors (Lipinski definition) is 1. The van der Waals surface area contributed by atoms with Gasteiger partial charge in [-0.25, -0.2) is 4.79 Å². The molecule has 0 spiro atoms. The van der Waals surface area contributed by atoms with Gasteiger partial charge in [-0.2, -0.15) is 0 Å². The molecule has 0 aliphatic heterocycles. The normalized spacial score (nSPS) is 20.4. The smallest absolute Gasteiger partial charge is 0.343 e. The van der Waals surface area contributed by atoms with E-state index in [9.17, 15) is 9.59 Å². The SMILES string of the molecule is CCOC(=O)C(=CCCCCCl)C(=O)N[C@H]1CC1(C)C. The minimum atomic E-state index is -0.547. The second-order valence-corrected chi connectivity index (χ2v) is 6.12. The lowest BCUT2D eigenvalue weighted by molar-refractivity contribution is -0.140. The Hall–Kier alpha value is -1.03. The number of alkyl halides is 1. The van der Waals surface area contributed by atoms with Crippen LogP contribution in [0.5, 0.6) is 0 Å². The predicted molar refractivity (Wildman–Crippen MR) is 79.6 cm³/mol. The van der Waals surface area contributed by atoms with Gasteiger partial charge in [-0.1, -0.05) is 19.9 Å². The summed E-state index contributed by atoms with van der Waals surface area (Å²) in [7, 11) is 0. The Balaban J connectivity index is 2.61. The van der Waals surface area contributed by atoms with Crippen LogP contribution in [-0.4, -0.2) is 30.4 Å². The van der Waals surface area contributed by atoms with Crippen LogP contribution in [0.15, 0.2) is 11.6 Å². The van der Waals surface area contributed by atoms with E-state index in [0.717, 1.165) is 19.3 Å². The van der Waals surface area contributed by atoms with Crippen LogP contribution >= 0.6 is 11.6 Å². The average Bonchev–Trinajstić information content (AvgIpc) is 2.96. The van der Waals surface area contributed by atoms with Crippen molar-refractivity contribution in [3.63, 3.8) is 0 Å². The summed E-state index contributed by atoms with van der Waals surface area (Å²) in [6.07, 6.45) is 4.98. The van der Waals surface area contributed by atoms with Gasteiger partial charge in [-0.15, -0.1) is 11.6 Å². The Morgan fingerprint density at radius 3 is 2.55 bits per heavy atom. The van der Waals surface area contributed by atoms with Gasteiger partial charge in [-0.05, 0) is 38.0 Å². The van der Waals surface area contributed by atoms with Crippen LogP contribution in [0, 0.1) is 5.41 Å². The monoisotopic (exact) mass is 301 g/mol. The zero-order valence-electron chi connectivity index (χ0n) is 12.5. The maximum atomic E-state index is 12.2. The molecule has 114 valence electrons. The molecule has 0 aromatic rings. The van der Waals surface area contributed by atoms with Crippen LogP contribution in [0.1, 0.15) is 46.5 Å². The molecule has 1 amide bonds. The third-order valence-corrected chi connectivity index (χ3v) is 3.76. The molecule has 4 nitrogen and oxygen atoms in total. The van der Waals surface area contributed by atoms with Crippen molar-refractivity contribution in [2.45, 2.75) is 52.5 Å². The van der Waals surface area contributed by atoms with E-state index in [1.807, 2.05) is 0 Å².